The third kappa shape index (κ3) is 10.9. The lowest BCUT2D eigenvalue weighted by molar-refractivity contribution is -0.151. The highest BCUT2D eigenvalue weighted by Gasteiger charge is 2.47. The van der Waals surface area contributed by atoms with Crippen LogP contribution in [0.25, 0.3) is 0 Å². The van der Waals surface area contributed by atoms with Crippen LogP contribution in [0.3, 0.4) is 0 Å². The van der Waals surface area contributed by atoms with E-state index in [4.69, 9.17) is 14.2 Å². The van der Waals surface area contributed by atoms with Crippen molar-refractivity contribution in [3.05, 3.63) is 36.0 Å². The zero-order valence-corrected chi connectivity index (χ0v) is 29.0. The first-order chi connectivity index (χ1) is 21.4. The van der Waals surface area contributed by atoms with Crippen LogP contribution in [0.5, 0.6) is 0 Å². The van der Waals surface area contributed by atoms with E-state index in [1.54, 1.807) is 49.1 Å². The predicted octanol–water partition coefficient (Wildman–Crippen LogP) is 3.35. The van der Waals surface area contributed by atoms with Crippen LogP contribution in [0.1, 0.15) is 80.6 Å². The first kappa shape index (κ1) is 38.2. The number of aliphatic hydroxyl groups excluding tert-OH is 2. The largest absolute Gasteiger partial charge is 0.457 e. The summed E-state index contributed by atoms with van der Waals surface area (Å²) in [5.41, 5.74) is -1.94. The molecular weight excluding hydrogens is 592 g/mol. The van der Waals surface area contributed by atoms with Gasteiger partial charge in [-0.15, -0.1) is 0 Å². The molecule has 3 rings (SSSR count). The van der Waals surface area contributed by atoms with Crippen molar-refractivity contribution < 1.29 is 44.2 Å². The Morgan fingerprint density at radius 2 is 1.98 bits per heavy atom. The number of hydrogen-bond acceptors (Lipinski definition) is 10. The van der Waals surface area contributed by atoms with E-state index in [1.807, 2.05) is 41.7 Å². The number of nitrogens with zero attached hydrogens (tertiary/aromatic N) is 2. The van der Waals surface area contributed by atoms with Crippen LogP contribution in [-0.2, 0) is 19.0 Å². The fourth-order valence-electron chi connectivity index (χ4n) is 6.20. The molecule has 10 unspecified atom stereocenters. The van der Waals surface area contributed by atoms with E-state index in [1.165, 1.54) is 0 Å². The average molecular weight is 651 g/mol. The normalized spacial score (nSPS) is 37.0. The Kier molecular flexibility index (Phi) is 13.5. The topological polar surface area (TPSA) is 153 Å². The van der Waals surface area contributed by atoms with Gasteiger partial charge in [0.1, 0.15) is 11.7 Å². The molecule has 3 aliphatic rings. The van der Waals surface area contributed by atoms with Gasteiger partial charge in [0.2, 0.25) is 0 Å². The molecule has 11 heteroatoms. The minimum atomic E-state index is -1.49. The molecule has 0 aromatic heterocycles. The Labute approximate surface area is 274 Å². The highest BCUT2D eigenvalue weighted by molar-refractivity contribution is 5.70. The lowest BCUT2D eigenvalue weighted by Crippen LogP contribution is -2.53. The van der Waals surface area contributed by atoms with Crippen molar-refractivity contribution >= 4 is 12.1 Å². The van der Waals surface area contributed by atoms with Crippen LogP contribution in [0.2, 0.25) is 0 Å². The molecule has 3 heterocycles. The molecule has 1 amide bonds. The van der Waals surface area contributed by atoms with Crippen molar-refractivity contribution in [2.75, 3.05) is 26.7 Å². The summed E-state index contributed by atoms with van der Waals surface area (Å²) in [6.07, 6.45) is 5.69. The molecule has 2 fully saturated rings. The minimum absolute atomic E-state index is 0.0111. The van der Waals surface area contributed by atoms with Crippen molar-refractivity contribution in [3.63, 3.8) is 0 Å². The second-order valence-corrected chi connectivity index (χ2v) is 14.3. The zero-order chi connectivity index (χ0) is 34.4. The Hall–Kier alpha value is -2.28. The number of carbonyl (C=O) groups excluding carboxylic acids is 2. The van der Waals surface area contributed by atoms with Crippen LogP contribution in [-0.4, -0.2) is 123 Å². The number of carbonyl (C=O) groups is 2. The molecule has 2 saturated heterocycles. The van der Waals surface area contributed by atoms with Gasteiger partial charge in [0.05, 0.1) is 36.4 Å². The quantitative estimate of drug-likeness (QED) is 0.127. The van der Waals surface area contributed by atoms with E-state index < -0.39 is 47.7 Å². The maximum absolute atomic E-state index is 13.2. The number of allylic oxidation sites excluding steroid dienone is 2. The van der Waals surface area contributed by atoms with Crippen molar-refractivity contribution in [1.82, 2.24) is 9.80 Å². The number of epoxide rings is 1. The third-order valence-corrected chi connectivity index (χ3v) is 9.81. The summed E-state index contributed by atoms with van der Waals surface area (Å²) in [5.74, 6) is -0.948. The highest BCUT2D eigenvalue weighted by atomic mass is 16.6. The van der Waals surface area contributed by atoms with Crippen molar-refractivity contribution in [2.45, 2.75) is 134 Å². The SMILES string of the molecule is CCC(O)C(C)C1OC1CC(C)(O)/C=C/C=C(\C)C1OC(=O)CC(O)CCC(C)(O)C(OC(=O)N2CCN(C)[C@@H](C)C2)/C=C\C1C. The van der Waals surface area contributed by atoms with Gasteiger partial charge in [-0.25, -0.2) is 4.79 Å². The second-order valence-electron chi connectivity index (χ2n) is 14.3. The van der Waals surface area contributed by atoms with E-state index in [0.29, 0.717) is 31.5 Å². The molecule has 3 aliphatic heterocycles. The maximum Gasteiger partial charge on any atom is 0.410 e. The fourth-order valence-corrected chi connectivity index (χ4v) is 6.20. The van der Waals surface area contributed by atoms with Gasteiger partial charge in [0, 0.05) is 43.9 Å². The van der Waals surface area contributed by atoms with E-state index >= 15 is 0 Å². The van der Waals surface area contributed by atoms with E-state index in [-0.39, 0.29) is 49.3 Å². The summed E-state index contributed by atoms with van der Waals surface area (Å²) < 4.78 is 17.5. The lowest BCUT2D eigenvalue weighted by atomic mass is 9.88. The molecule has 0 aromatic carbocycles. The molecular formula is C35H58N2O9. The van der Waals surface area contributed by atoms with E-state index in [0.717, 1.165) is 6.54 Å². The number of piperazine rings is 1. The smallest absolute Gasteiger partial charge is 0.410 e. The Morgan fingerprint density at radius 1 is 1.28 bits per heavy atom. The van der Waals surface area contributed by atoms with Crippen LogP contribution < -0.4 is 0 Å². The molecule has 46 heavy (non-hydrogen) atoms. The molecule has 4 N–H and O–H groups in total. The third-order valence-electron chi connectivity index (χ3n) is 9.81. The number of esters is 1. The zero-order valence-electron chi connectivity index (χ0n) is 29.0. The summed E-state index contributed by atoms with van der Waals surface area (Å²) in [4.78, 5) is 29.8. The van der Waals surface area contributed by atoms with Gasteiger partial charge in [-0.05, 0) is 65.7 Å². The summed E-state index contributed by atoms with van der Waals surface area (Å²) >= 11 is 0. The molecule has 0 bridgehead atoms. The monoisotopic (exact) mass is 650 g/mol. The van der Waals surface area contributed by atoms with Crippen molar-refractivity contribution in [3.8, 4) is 0 Å². The van der Waals surface area contributed by atoms with Gasteiger partial charge in [-0.3, -0.25) is 4.79 Å². The van der Waals surface area contributed by atoms with Crippen LogP contribution >= 0.6 is 0 Å². The standard InChI is InChI=1S/C35H58N2O9/c1-9-27(39)25(5)32-28(44-32)20-34(6,42)15-10-11-22(2)31-23(3)12-13-29(35(7,43)16-14-26(38)19-30(40)46-31)45-33(41)37-18-17-36(8)24(4)21-37/h10-13,15,23-29,31-32,38-39,42-43H,9,14,16-21H2,1-8H3/b13-12-,15-10+,22-11+/t23?,24-,25?,26?,27?,28?,29?,31?,32?,34?,35?/m0/s1. The van der Waals surface area contributed by atoms with E-state index in [9.17, 15) is 30.0 Å². The lowest BCUT2D eigenvalue weighted by Gasteiger charge is -2.39. The Bertz CT molecular complexity index is 1120. The first-order valence-electron chi connectivity index (χ1n) is 16.8. The fraction of sp³-hybridized carbons (Fsp3) is 0.771. The maximum atomic E-state index is 13.2. The molecule has 262 valence electrons. The Morgan fingerprint density at radius 3 is 2.63 bits per heavy atom. The number of ether oxygens (including phenoxy) is 3. The number of likely N-dealkylation sites (N-methyl/N-ethyl adjacent to an activating group) is 1. The second kappa shape index (κ2) is 16.2. The molecule has 0 aromatic rings. The Balaban J connectivity index is 1.75. The van der Waals surface area contributed by atoms with Crippen LogP contribution in [0.4, 0.5) is 4.79 Å². The van der Waals surface area contributed by atoms with Gasteiger partial charge in [-0.1, -0.05) is 45.1 Å². The summed E-state index contributed by atoms with van der Waals surface area (Å²) in [7, 11) is 2.01. The minimum Gasteiger partial charge on any atom is -0.457 e. The first-order valence-corrected chi connectivity index (χ1v) is 16.8. The van der Waals surface area contributed by atoms with Gasteiger partial charge in [0.25, 0.3) is 0 Å². The molecule has 0 radical (unpaired) electrons. The van der Waals surface area contributed by atoms with Crippen molar-refractivity contribution in [1.29, 1.82) is 0 Å². The van der Waals surface area contributed by atoms with Gasteiger partial charge >= 0.3 is 12.1 Å². The summed E-state index contributed by atoms with van der Waals surface area (Å²) in [6.45, 7) is 14.6. The van der Waals surface area contributed by atoms with Gasteiger partial charge in [0.15, 0.2) is 6.10 Å². The number of rotatable bonds is 9. The number of amides is 1. The summed E-state index contributed by atoms with van der Waals surface area (Å²) in [5, 5.41) is 43.1. The highest BCUT2D eigenvalue weighted by Crippen LogP contribution is 2.37. The average Bonchev–Trinajstić information content (AvgIpc) is 3.74. The van der Waals surface area contributed by atoms with Crippen LogP contribution in [0, 0.1) is 11.8 Å². The molecule has 0 aliphatic carbocycles. The van der Waals surface area contributed by atoms with Crippen molar-refractivity contribution in [2.24, 2.45) is 11.8 Å². The number of aliphatic hydroxyl groups is 4. The molecule has 0 spiro atoms. The molecule has 11 nitrogen and oxygen atoms in total. The van der Waals surface area contributed by atoms with Crippen LogP contribution in [0.15, 0.2) is 36.0 Å². The molecule has 0 saturated carbocycles. The van der Waals surface area contributed by atoms with E-state index in [2.05, 4.69) is 4.90 Å². The predicted molar refractivity (Wildman–Crippen MR) is 175 cm³/mol. The number of hydrogen-bond donors (Lipinski definition) is 4. The summed E-state index contributed by atoms with van der Waals surface area (Å²) in [6, 6.07) is 0.175. The van der Waals surface area contributed by atoms with Gasteiger partial charge in [-0.2, -0.15) is 0 Å². The van der Waals surface area contributed by atoms with Gasteiger partial charge < -0.3 is 44.4 Å². The molecule has 11 atom stereocenters. The number of cyclic esters (lactones) is 1.